The molecule has 2 aliphatic rings. The molecule has 1 unspecified atom stereocenters. The molecule has 1 saturated heterocycles. The minimum absolute atomic E-state index is 0.0747. The Morgan fingerprint density at radius 2 is 2.11 bits per heavy atom. The molecule has 1 atom stereocenters. The largest absolute Gasteiger partial charge is 0.454 e. The van der Waals surface area contributed by atoms with Gasteiger partial charge in [-0.2, -0.15) is 0 Å². The molecule has 1 aromatic heterocycles. The van der Waals surface area contributed by atoms with E-state index in [1.54, 1.807) is 23.2 Å². The van der Waals surface area contributed by atoms with E-state index in [2.05, 4.69) is 10.3 Å². The van der Waals surface area contributed by atoms with Gasteiger partial charge >= 0.3 is 0 Å². The summed E-state index contributed by atoms with van der Waals surface area (Å²) < 4.78 is 10.7. The van der Waals surface area contributed by atoms with E-state index in [0.717, 1.165) is 11.4 Å². The lowest BCUT2D eigenvalue weighted by molar-refractivity contribution is -0.126. The topological polar surface area (TPSA) is 84.0 Å². The third kappa shape index (κ3) is 3.45. The summed E-state index contributed by atoms with van der Waals surface area (Å²) in [4.78, 5) is 33.0. The number of aromatic nitrogens is 1. The van der Waals surface area contributed by atoms with Gasteiger partial charge in [0.25, 0.3) is 0 Å². The van der Waals surface area contributed by atoms with Gasteiger partial charge in [0, 0.05) is 57.1 Å². The lowest BCUT2D eigenvalue weighted by Gasteiger charge is -2.18. The average molecular weight is 382 g/mol. The van der Waals surface area contributed by atoms with E-state index < -0.39 is 5.92 Å². The van der Waals surface area contributed by atoms with Crippen LogP contribution in [0.4, 0.5) is 11.5 Å². The van der Waals surface area contributed by atoms with Crippen molar-refractivity contribution in [3.63, 3.8) is 0 Å². The van der Waals surface area contributed by atoms with Crippen LogP contribution in [0.3, 0.4) is 0 Å². The zero-order valence-electron chi connectivity index (χ0n) is 15.8. The lowest BCUT2D eigenvalue weighted by Crippen LogP contribution is -2.33. The van der Waals surface area contributed by atoms with Crippen LogP contribution < -0.4 is 24.6 Å². The van der Waals surface area contributed by atoms with Gasteiger partial charge in [-0.3, -0.25) is 9.59 Å². The second-order valence-electron chi connectivity index (χ2n) is 7.04. The number of pyridine rings is 1. The van der Waals surface area contributed by atoms with Crippen LogP contribution in [0.25, 0.3) is 0 Å². The Kier molecular flexibility index (Phi) is 4.77. The summed E-state index contributed by atoms with van der Waals surface area (Å²) in [6, 6.07) is 9.14. The van der Waals surface area contributed by atoms with Gasteiger partial charge < -0.3 is 24.6 Å². The Balaban J connectivity index is 1.41. The highest BCUT2D eigenvalue weighted by Crippen LogP contribution is 2.37. The van der Waals surface area contributed by atoms with Crippen molar-refractivity contribution in [3.05, 3.63) is 42.1 Å². The summed E-state index contributed by atoms with van der Waals surface area (Å²) >= 11 is 0. The molecule has 1 N–H and O–H groups in total. The van der Waals surface area contributed by atoms with Crippen LogP contribution in [0, 0.1) is 5.92 Å². The number of benzene rings is 1. The Labute approximate surface area is 163 Å². The first-order valence-electron chi connectivity index (χ1n) is 9.12. The molecule has 0 saturated carbocycles. The Hall–Kier alpha value is -3.29. The fourth-order valence-electron chi connectivity index (χ4n) is 3.48. The summed E-state index contributed by atoms with van der Waals surface area (Å²) in [5, 5.41) is 2.94. The third-order valence-electron chi connectivity index (χ3n) is 4.91. The second kappa shape index (κ2) is 7.38. The maximum atomic E-state index is 12.6. The van der Waals surface area contributed by atoms with Gasteiger partial charge in [0.05, 0.1) is 5.92 Å². The van der Waals surface area contributed by atoms with Gasteiger partial charge in [-0.1, -0.05) is 6.07 Å². The number of rotatable bonds is 5. The van der Waals surface area contributed by atoms with Crippen LogP contribution in [-0.4, -0.2) is 44.2 Å². The maximum absolute atomic E-state index is 12.6. The lowest BCUT2D eigenvalue weighted by atomic mass is 10.1. The highest BCUT2D eigenvalue weighted by molar-refractivity contribution is 6.00. The molecule has 4 rings (SSSR count). The zero-order chi connectivity index (χ0) is 19.7. The molecule has 0 radical (unpaired) electrons. The molecule has 0 aliphatic carbocycles. The molecule has 146 valence electrons. The molecule has 8 nitrogen and oxygen atoms in total. The van der Waals surface area contributed by atoms with Crippen molar-refractivity contribution in [2.75, 3.05) is 37.2 Å². The summed E-state index contributed by atoms with van der Waals surface area (Å²) in [6.45, 7) is 0.897. The average Bonchev–Trinajstić information content (AvgIpc) is 3.32. The van der Waals surface area contributed by atoms with Crippen molar-refractivity contribution >= 4 is 23.3 Å². The van der Waals surface area contributed by atoms with Crippen molar-refractivity contribution in [2.45, 2.75) is 13.0 Å². The third-order valence-corrected chi connectivity index (χ3v) is 4.91. The van der Waals surface area contributed by atoms with Gasteiger partial charge in [0.1, 0.15) is 5.82 Å². The molecular formula is C20H22N4O4. The predicted molar refractivity (Wildman–Crippen MR) is 103 cm³/mol. The first-order valence-corrected chi connectivity index (χ1v) is 9.12. The van der Waals surface area contributed by atoms with Crippen molar-refractivity contribution < 1.29 is 19.1 Å². The molecule has 0 spiro atoms. The van der Waals surface area contributed by atoms with E-state index in [-0.39, 0.29) is 25.0 Å². The van der Waals surface area contributed by atoms with Crippen molar-refractivity contribution in [2.24, 2.45) is 5.92 Å². The van der Waals surface area contributed by atoms with Crippen LogP contribution in [-0.2, 0) is 16.1 Å². The molecule has 2 aliphatic heterocycles. The number of carbonyl (C=O) groups excluding carboxylic acids is 2. The fraction of sp³-hybridized carbons (Fsp3) is 0.350. The minimum atomic E-state index is -0.391. The van der Waals surface area contributed by atoms with E-state index in [1.807, 2.05) is 37.2 Å². The highest BCUT2D eigenvalue weighted by Gasteiger charge is 2.35. The van der Waals surface area contributed by atoms with Gasteiger partial charge in [-0.25, -0.2) is 4.98 Å². The maximum Gasteiger partial charge on any atom is 0.231 e. The molecule has 0 bridgehead atoms. The van der Waals surface area contributed by atoms with Gasteiger partial charge in [-0.15, -0.1) is 0 Å². The number of hydrogen-bond acceptors (Lipinski definition) is 6. The van der Waals surface area contributed by atoms with E-state index in [9.17, 15) is 9.59 Å². The fourth-order valence-corrected chi connectivity index (χ4v) is 3.48. The molecule has 2 amide bonds. The number of hydrogen-bond donors (Lipinski definition) is 1. The molecule has 28 heavy (non-hydrogen) atoms. The summed E-state index contributed by atoms with van der Waals surface area (Å²) in [7, 11) is 3.82. The quantitative estimate of drug-likeness (QED) is 0.845. The normalized spacial score (nSPS) is 17.7. The second-order valence-corrected chi connectivity index (χ2v) is 7.04. The summed E-state index contributed by atoms with van der Waals surface area (Å²) in [6.07, 6.45) is 1.91. The Bertz CT molecular complexity index is 915. The van der Waals surface area contributed by atoms with E-state index >= 15 is 0 Å². The molecule has 3 heterocycles. The number of anilines is 2. The van der Waals surface area contributed by atoms with Crippen LogP contribution in [0.15, 0.2) is 36.5 Å². The number of carbonyl (C=O) groups is 2. The predicted octanol–water partition coefficient (Wildman–Crippen LogP) is 1.55. The number of amides is 2. The molecular weight excluding hydrogens is 360 g/mol. The van der Waals surface area contributed by atoms with Gasteiger partial charge in [0.2, 0.25) is 18.6 Å². The standard InChI is InChI=1S/C20H22N4O4/c1-23(2)19-13(4-3-7-21-19)10-22-20(26)14-8-18(25)24(11-14)15-5-6-16-17(9-15)28-12-27-16/h3-7,9,14H,8,10-12H2,1-2H3,(H,22,26). The summed E-state index contributed by atoms with van der Waals surface area (Å²) in [5.74, 6) is 1.49. The molecule has 8 heteroatoms. The van der Waals surface area contributed by atoms with Crippen LogP contribution in [0.1, 0.15) is 12.0 Å². The highest BCUT2D eigenvalue weighted by atomic mass is 16.7. The number of fused-ring (bicyclic) bond motifs is 1. The molecule has 1 fully saturated rings. The zero-order valence-corrected chi connectivity index (χ0v) is 15.8. The Morgan fingerprint density at radius 1 is 1.29 bits per heavy atom. The Morgan fingerprint density at radius 3 is 2.93 bits per heavy atom. The minimum Gasteiger partial charge on any atom is -0.454 e. The smallest absolute Gasteiger partial charge is 0.231 e. The van der Waals surface area contributed by atoms with Crippen molar-refractivity contribution in [3.8, 4) is 11.5 Å². The van der Waals surface area contributed by atoms with E-state index in [4.69, 9.17) is 9.47 Å². The van der Waals surface area contributed by atoms with Crippen molar-refractivity contribution in [1.82, 2.24) is 10.3 Å². The number of nitrogens with zero attached hydrogens (tertiary/aromatic N) is 3. The monoisotopic (exact) mass is 382 g/mol. The number of nitrogens with one attached hydrogen (secondary N) is 1. The summed E-state index contributed by atoms with van der Waals surface area (Å²) in [5.41, 5.74) is 1.64. The molecule has 1 aromatic carbocycles. The van der Waals surface area contributed by atoms with Crippen LogP contribution in [0.5, 0.6) is 11.5 Å². The first kappa shape index (κ1) is 18.1. The molecule has 2 aromatic rings. The van der Waals surface area contributed by atoms with Crippen LogP contribution >= 0.6 is 0 Å². The SMILES string of the molecule is CN(C)c1ncccc1CNC(=O)C1CC(=O)N(c2ccc3c(c2)OCO3)C1. The van der Waals surface area contributed by atoms with Crippen molar-refractivity contribution in [1.29, 1.82) is 0 Å². The van der Waals surface area contributed by atoms with E-state index in [1.165, 1.54) is 0 Å². The van der Waals surface area contributed by atoms with Gasteiger partial charge in [0.15, 0.2) is 11.5 Å². The first-order chi connectivity index (χ1) is 13.5. The van der Waals surface area contributed by atoms with Gasteiger partial charge in [-0.05, 0) is 18.2 Å². The van der Waals surface area contributed by atoms with E-state index in [0.29, 0.717) is 30.3 Å². The van der Waals surface area contributed by atoms with Crippen LogP contribution in [0.2, 0.25) is 0 Å². The number of ether oxygens (including phenoxy) is 2.